The second kappa shape index (κ2) is 11.9. The van der Waals surface area contributed by atoms with Crippen molar-refractivity contribution in [3.8, 4) is 0 Å². The van der Waals surface area contributed by atoms with E-state index in [0.29, 0.717) is 12.8 Å². The van der Waals surface area contributed by atoms with E-state index in [0.717, 1.165) is 28.3 Å². The normalized spacial score (nSPS) is 30.9. The largest absolute Gasteiger partial charge is 0.457 e. The first-order valence-corrected chi connectivity index (χ1v) is 12.6. The molecule has 0 aliphatic carbocycles. The number of rotatable bonds is 2. The smallest absolute Gasteiger partial charge is 0.306 e. The van der Waals surface area contributed by atoms with Crippen molar-refractivity contribution in [3.63, 3.8) is 0 Å². The summed E-state index contributed by atoms with van der Waals surface area (Å²) in [6.45, 7) is 13.4. The molecule has 4 unspecified atom stereocenters. The molecule has 2 rings (SSSR count). The molecular formula is C27H39NO4S. The lowest BCUT2D eigenvalue weighted by Gasteiger charge is -2.30. The van der Waals surface area contributed by atoms with Crippen LogP contribution in [0.2, 0.25) is 0 Å². The number of hydrogen-bond acceptors (Lipinski definition) is 6. The van der Waals surface area contributed by atoms with E-state index in [-0.39, 0.29) is 30.2 Å². The molecule has 0 fully saturated rings. The number of carbonyl (C=O) groups excluding carboxylic acids is 2. The molecule has 1 aliphatic rings. The van der Waals surface area contributed by atoms with Crippen LogP contribution >= 0.6 is 11.3 Å². The molecule has 1 aliphatic heterocycles. The van der Waals surface area contributed by atoms with Crippen molar-refractivity contribution in [2.45, 2.75) is 86.4 Å². The minimum Gasteiger partial charge on any atom is -0.457 e. The average Bonchev–Trinajstić information content (AvgIpc) is 3.17. The number of nitrogens with zero attached hydrogens (tertiary/aromatic N) is 1. The van der Waals surface area contributed by atoms with Crippen molar-refractivity contribution in [1.82, 2.24) is 4.98 Å². The molecule has 0 saturated heterocycles. The third-order valence-corrected chi connectivity index (χ3v) is 7.23. The summed E-state index contributed by atoms with van der Waals surface area (Å²) < 4.78 is 5.88. The maximum atomic E-state index is 13.1. The molecule has 0 radical (unpaired) electrons. The van der Waals surface area contributed by atoms with E-state index in [1.807, 2.05) is 65.2 Å². The van der Waals surface area contributed by atoms with E-state index in [4.69, 9.17) is 4.74 Å². The maximum Gasteiger partial charge on any atom is 0.306 e. The lowest BCUT2D eigenvalue weighted by Crippen LogP contribution is -2.38. The van der Waals surface area contributed by atoms with Crippen LogP contribution in [0.15, 0.2) is 34.8 Å². The maximum absolute atomic E-state index is 13.1. The highest BCUT2D eigenvalue weighted by Crippen LogP contribution is 2.31. The summed E-state index contributed by atoms with van der Waals surface area (Å²) in [6, 6.07) is 0. The molecule has 2 heterocycles. The molecule has 0 amide bonds. The lowest BCUT2D eigenvalue weighted by molar-refractivity contribution is -0.148. The summed E-state index contributed by atoms with van der Waals surface area (Å²) >= 11 is 1.59. The quantitative estimate of drug-likeness (QED) is 0.417. The Balaban J connectivity index is 2.31. The molecule has 33 heavy (non-hydrogen) atoms. The summed E-state index contributed by atoms with van der Waals surface area (Å²) in [5.74, 6) is -0.995. The van der Waals surface area contributed by atoms with Crippen molar-refractivity contribution in [3.05, 3.63) is 45.5 Å². The first-order valence-electron chi connectivity index (χ1n) is 11.7. The molecular weight excluding hydrogens is 434 g/mol. The van der Waals surface area contributed by atoms with Crippen molar-refractivity contribution >= 4 is 29.2 Å². The Labute approximate surface area is 202 Å². The molecule has 0 saturated carbocycles. The summed E-state index contributed by atoms with van der Waals surface area (Å²) in [6.07, 6.45) is 8.80. The van der Waals surface area contributed by atoms with Crippen LogP contribution in [0.5, 0.6) is 0 Å². The topological polar surface area (TPSA) is 76.5 Å². The van der Waals surface area contributed by atoms with Crippen LogP contribution in [0.25, 0.3) is 6.08 Å². The highest BCUT2D eigenvalue weighted by molar-refractivity contribution is 7.09. The van der Waals surface area contributed by atoms with Gasteiger partial charge in [0.1, 0.15) is 11.9 Å². The van der Waals surface area contributed by atoms with Crippen molar-refractivity contribution < 1.29 is 19.4 Å². The third kappa shape index (κ3) is 8.04. The van der Waals surface area contributed by atoms with Gasteiger partial charge >= 0.3 is 5.97 Å². The number of aliphatic hydroxyl groups is 1. The number of Topliss-reactive ketones (excluding diaryl/α,β-unsaturated/α-hetero) is 1. The van der Waals surface area contributed by atoms with Gasteiger partial charge in [-0.3, -0.25) is 9.59 Å². The highest BCUT2D eigenvalue weighted by Gasteiger charge is 2.36. The average molecular weight is 474 g/mol. The fraction of sp³-hybridized carbons (Fsp3) is 0.593. The molecule has 0 aromatic carbocycles. The minimum absolute atomic E-state index is 0.0299. The summed E-state index contributed by atoms with van der Waals surface area (Å²) in [4.78, 5) is 30.3. The zero-order valence-electron chi connectivity index (χ0n) is 21.1. The molecule has 1 aromatic heterocycles. The number of hydrogen-bond donors (Lipinski definition) is 1. The minimum atomic E-state index is -0.760. The van der Waals surface area contributed by atoms with Crippen molar-refractivity contribution in [2.24, 2.45) is 17.3 Å². The number of ketones is 1. The predicted octanol–water partition coefficient (Wildman–Crippen LogP) is 6.07. The van der Waals surface area contributed by atoms with Gasteiger partial charge in [0.25, 0.3) is 0 Å². The zero-order valence-corrected chi connectivity index (χ0v) is 21.9. The van der Waals surface area contributed by atoms with E-state index >= 15 is 0 Å². The van der Waals surface area contributed by atoms with Gasteiger partial charge in [-0.1, -0.05) is 51.5 Å². The number of aromatic nitrogens is 1. The van der Waals surface area contributed by atoms with Gasteiger partial charge in [0.2, 0.25) is 0 Å². The Morgan fingerprint density at radius 3 is 2.61 bits per heavy atom. The molecule has 182 valence electrons. The van der Waals surface area contributed by atoms with E-state index in [9.17, 15) is 14.7 Å². The van der Waals surface area contributed by atoms with Gasteiger partial charge in [-0.25, -0.2) is 4.98 Å². The number of ether oxygens (including phenoxy) is 1. The first-order chi connectivity index (χ1) is 15.4. The number of esters is 1. The van der Waals surface area contributed by atoms with Crippen LogP contribution in [0.3, 0.4) is 0 Å². The second-order valence-electron chi connectivity index (χ2n) is 9.96. The fourth-order valence-electron chi connectivity index (χ4n) is 4.06. The number of thiazole rings is 1. The Bertz CT molecular complexity index is 924. The van der Waals surface area contributed by atoms with Crippen molar-refractivity contribution in [1.29, 1.82) is 0 Å². The summed E-state index contributed by atoms with van der Waals surface area (Å²) in [5.41, 5.74) is 2.24. The Morgan fingerprint density at radius 1 is 1.27 bits per heavy atom. The number of aryl methyl sites for hydroxylation is 1. The summed E-state index contributed by atoms with van der Waals surface area (Å²) in [5, 5.41) is 13.7. The number of cyclic esters (lactones) is 1. The third-order valence-electron chi connectivity index (χ3n) is 6.44. The lowest BCUT2D eigenvalue weighted by atomic mass is 9.75. The number of aliphatic hydroxyl groups excluding tert-OH is 1. The molecule has 6 heteroatoms. The fourth-order valence-corrected chi connectivity index (χ4v) is 4.63. The molecule has 1 aromatic rings. The van der Waals surface area contributed by atoms with Crippen LogP contribution < -0.4 is 0 Å². The van der Waals surface area contributed by atoms with Gasteiger partial charge in [-0.2, -0.15) is 0 Å². The van der Waals surface area contributed by atoms with Crippen LogP contribution in [0, 0.1) is 24.2 Å². The molecule has 0 spiro atoms. The van der Waals surface area contributed by atoms with E-state index in [1.54, 1.807) is 18.3 Å². The SMILES string of the molecule is C/C1=C/CC(/C(C)=C/c2csc(C)n2)OC(=O)CCC(C)(C)C(=O)C(C)C(O)C(C)/C=C/C1. The highest BCUT2D eigenvalue weighted by atomic mass is 32.1. The van der Waals surface area contributed by atoms with Gasteiger partial charge in [0.05, 0.1) is 16.8 Å². The van der Waals surface area contributed by atoms with Gasteiger partial charge in [-0.15, -0.1) is 11.3 Å². The van der Waals surface area contributed by atoms with Gasteiger partial charge in [0.15, 0.2) is 0 Å². The molecule has 4 atom stereocenters. The monoisotopic (exact) mass is 473 g/mol. The molecule has 5 nitrogen and oxygen atoms in total. The van der Waals surface area contributed by atoms with Gasteiger partial charge in [-0.05, 0) is 45.3 Å². The molecule has 0 bridgehead atoms. The van der Waals surface area contributed by atoms with E-state index in [2.05, 4.69) is 11.1 Å². The summed E-state index contributed by atoms with van der Waals surface area (Å²) in [7, 11) is 0. The standard InChI is InChI=1S/C27H39NO4S/c1-17-9-8-10-18(2)25(30)20(4)26(31)27(6,7)14-13-24(29)32-23(12-11-17)19(3)15-22-16-33-21(5)28-22/h8,10-11,15-16,18,20,23,25,30H,9,12-14H2,1-7H3/b10-8+,17-11-,19-15+. The Kier molecular flexibility index (Phi) is 9.80. The van der Waals surface area contributed by atoms with Crippen LogP contribution in [-0.4, -0.2) is 34.1 Å². The Morgan fingerprint density at radius 2 is 1.97 bits per heavy atom. The van der Waals surface area contributed by atoms with Crippen LogP contribution in [0.1, 0.15) is 77.9 Å². The van der Waals surface area contributed by atoms with Crippen molar-refractivity contribution in [2.75, 3.05) is 0 Å². The van der Waals surface area contributed by atoms with Gasteiger partial charge in [0, 0.05) is 35.5 Å². The van der Waals surface area contributed by atoms with E-state index < -0.39 is 17.4 Å². The van der Waals surface area contributed by atoms with Crippen LogP contribution in [0.4, 0.5) is 0 Å². The zero-order chi connectivity index (χ0) is 24.8. The van der Waals surface area contributed by atoms with Gasteiger partial charge < -0.3 is 9.84 Å². The Hall–Kier alpha value is -2.05. The number of carbonyl (C=O) groups is 2. The second-order valence-corrected chi connectivity index (χ2v) is 11.0. The van der Waals surface area contributed by atoms with Crippen LogP contribution in [-0.2, 0) is 14.3 Å². The van der Waals surface area contributed by atoms with E-state index in [1.165, 1.54) is 0 Å². The molecule has 1 N–H and O–H groups in total. The first kappa shape index (κ1) is 27.2. The predicted molar refractivity (Wildman–Crippen MR) is 135 cm³/mol. The number of allylic oxidation sites excluding steroid dienone is 2.